The summed E-state index contributed by atoms with van der Waals surface area (Å²) in [6.45, 7) is 3.50. The van der Waals surface area contributed by atoms with E-state index in [4.69, 9.17) is 14.3 Å². The third-order valence-electron chi connectivity index (χ3n) is 5.74. The molecule has 1 aliphatic rings. The third kappa shape index (κ3) is 4.08. The zero-order chi connectivity index (χ0) is 24.5. The summed E-state index contributed by atoms with van der Waals surface area (Å²) in [7, 11) is 0. The van der Waals surface area contributed by atoms with E-state index >= 15 is 0 Å². The highest BCUT2D eigenvalue weighted by molar-refractivity contribution is 5.95. The molecule has 1 atom stereocenters. The fraction of sp³-hybridized carbons (Fsp3) is 0.154. The summed E-state index contributed by atoms with van der Waals surface area (Å²) in [6.07, 6.45) is 1.70. The number of benzene rings is 2. The van der Waals surface area contributed by atoms with Gasteiger partial charge >= 0.3 is 17.6 Å². The molecule has 176 valence electrons. The summed E-state index contributed by atoms with van der Waals surface area (Å²) < 4.78 is 12.4. The number of rotatable bonds is 5. The molecule has 0 saturated carbocycles. The number of urea groups is 1. The van der Waals surface area contributed by atoms with E-state index in [1.165, 1.54) is 0 Å². The molecule has 0 aliphatic carbocycles. The van der Waals surface area contributed by atoms with E-state index in [1.54, 1.807) is 42.9 Å². The quantitative estimate of drug-likeness (QED) is 0.338. The number of allylic oxidation sites excluding steroid dienone is 1. The average molecular weight is 470 g/mol. The Bertz CT molecular complexity index is 1530. The van der Waals surface area contributed by atoms with Crippen molar-refractivity contribution in [3.63, 3.8) is 0 Å². The van der Waals surface area contributed by atoms with Crippen molar-refractivity contribution in [1.29, 1.82) is 0 Å². The molecular weight excluding hydrogens is 448 g/mol. The van der Waals surface area contributed by atoms with Crippen LogP contribution in [-0.2, 0) is 9.53 Å². The number of nitrogens with zero attached hydrogens (tertiary/aromatic N) is 2. The van der Waals surface area contributed by atoms with Gasteiger partial charge in [-0.05, 0) is 38.1 Å². The number of nitrogens with one attached hydrogen (secondary N) is 2. The minimum Gasteiger partial charge on any atom is -0.463 e. The highest BCUT2D eigenvalue weighted by Gasteiger charge is 2.35. The lowest BCUT2D eigenvalue weighted by molar-refractivity contribution is -0.139. The molecule has 9 nitrogen and oxygen atoms in total. The highest BCUT2D eigenvalue weighted by Crippen LogP contribution is 2.34. The second-order valence-electron chi connectivity index (χ2n) is 7.99. The predicted molar refractivity (Wildman–Crippen MR) is 129 cm³/mol. The molecule has 0 radical (unpaired) electrons. The summed E-state index contributed by atoms with van der Waals surface area (Å²) in [5, 5.41) is 10.8. The van der Waals surface area contributed by atoms with Gasteiger partial charge in [0.1, 0.15) is 11.3 Å². The molecule has 2 aromatic carbocycles. The van der Waals surface area contributed by atoms with E-state index in [0.717, 1.165) is 5.69 Å². The Kier molecular flexibility index (Phi) is 5.66. The minimum absolute atomic E-state index is 0.167. The van der Waals surface area contributed by atoms with Crippen LogP contribution in [0.2, 0.25) is 0 Å². The normalized spacial score (nSPS) is 15.6. The number of carbonyl (C=O) groups excluding carboxylic acids is 2. The average Bonchev–Trinajstić information content (AvgIpc) is 3.29. The van der Waals surface area contributed by atoms with Crippen LogP contribution < -0.4 is 16.3 Å². The number of esters is 1. The standard InChI is InChI=1S/C26H22N4O5/c1-3-34-25(32)21-15(2)27-26(33)28-23(21)19-14-30(17-10-5-4-6-11-17)29-22(19)18-13-16-9-7-8-12-20(16)35-24(18)31/h4-14,23H,3H2,1-2H3,(H2,27,28,33). The van der Waals surface area contributed by atoms with Crippen molar-refractivity contribution >= 4 is 23.0 Å². The van der Waals surface area contributed by atoms with Crippen LogP contribution >= 0.6 is 0 Å². The molecule has 3 heterocycles. The van der Waals surface area contributed by atoms with Crippen molar-refractivity contribution in [2.75, 3.05) is 6.61 Å². The number of aromatic nitrogens is 2. The maximum atomic E-state index is 13.0. The van der Waals surface area contributed by atoms with Crippen LogP contribution in [0.1, 0.15) is 25.5 Å². The van der Waals surface area contributed by atoms with Gasteiger partial charge in [0, 0.05) is 22.8 Å². The minimum atomic E-state index is -0.902. The number of ether oxygens (including phenoxy) is 1. The molecule has 35 heavy (non-hydrogen) atoms. The van der Waals surface area contributed by atoms with Crippen LogP contribution in [0, 0.1) is 0 Å². The summed E-state index contributed by atoms with van der Waals surface area (Å²) in [4.78, 5) is 38.4. The molecule has 0 spiro atoms. The number of hydrogen-bond donors (Lipinski definition) is 2. The molecule has 4 aromatic rings. The molecule has 5 rings (SSSR count). The largest absolute Gasteiger partial charge is 0.463 e. The Morgan fingerprint density at radius 3 is 2.63 bits per heavy atom. The Balaban J connectivity index is 1.76. The molecule has 2 amide bonds. The number of para-hydroxylation sites is 2. The monoisotopic (exact) mass is 470 g/mol. The van der Waals surface area contributed by atoms with E-state index in [0.29, 0.717) is 22.2 Å². The Morgan fingerprint density at radius 2 is 1.86 bits per heavy atom. The Morgan fingerprint density at radius 1 is 1.11 bits per heavy atom. The van der Waals surface area contributed by atoms with Crippen LogP contribution in [0.15, 0.2) is 87.3 Å². The fourth-order valence-electron chi connectivity index (χ4n) is 4.15. The topological polar surface area (TPSA) is 115 Å². The van der Waals surface area contributed by atoms with Crippen molar-refractivity contribution in [3.05, 3.63) is 94.1 Å². The van der Waals surface area contributed by atoms with Crippen LogP contribution in [0.5, 0.6) is 0 Å². The lowest BCUT2D eigenvalue weighted by atomic mass is 9.94. The summed E-state index contributed by atoms with van der Waals surface area (Å²) in [6, 6.07) is 16.8. The number of carbonyl (C=O) groups is 2. The summed E-state index contributed by atoms with van der Waals surface area (Å²) in [5.41, 5.74) is 2.15. The van der Waals surface area contributed by atoms with Crippen molar-refractivity contribution in [1.82, 2.24) is 20.4 Å². The zero-order valence-corrected chi connectivity index (χ0v) is 19.1. The van der Waals surface area contributed by atoms with Gasteiger partial charge in [0.05, 0.1) is 29.5 Å². The zero-order valence-electron chi connectivity index (χ0n) is 19.1. The van der Waals surface area contributed by atoms with Crippen LogP contribution in [0.25, 0.3) is 27.9 Å². The molecule has 2 aromatic heterocycles. The van der Waals surface area contributed by atoms with Crippen molar-refractivity contribution in [2.45, 2.75) is 19.9 Å². The van der Waals surface area contributed by atoms with Crippen molar-refractivity contribution < 1.29 is 18.7 Å². The molecule has 2 N–H and O–H groups in total. The first kappa shape index (κ1) is 22.1. The van der Waals surface area contributed by atoms with Crippen LogP contribution in [-0.4, -0.2) is 28.4 Å². The molecule has 0 fully saturated rings. The van der Waals surface area contributed by atoms with Gasteiger partial charge in [-0.15, -0.1) is 0 Å². The first-order chi connectivity index (χ1) is 17.0. The van der Waals surface area contributed by atoms with Gasteiger partial charge in [0.2, 0.25) is 0 Å². The Hall–Kier alpha value is -4.66. The second-order valence-corrected chi connectivity index (χ2v) is 7.99. The van der Waals surface area contributed by atoms with E-state index in [2.05, 4.69) is 10.6 Å². The second kappa shape index (κ2) is 8.94. The molecule has 1 unspecified atom stereocenters. The van der Waals surface area contributed by atoms with Gasteiger partial charge in [-0.3, -0.25) is 0 Å². The van der Waals surface area contributed by atoms with Gasteiger partial charge in [0.15, 0.2) is 0 Å². The van der Waals surface area contributed by atoms with Crippen LogP contribution in [0.3, 0.4) is 0 Å². The summed E-state index contributed by atoms with van der Waals surface area (Å²) >= 11 is 0. The van der Waals surface area contributed by atoms with Gasteiger partial charge in [-0.25, -0.2) is 19.1 Å². The molecular formula is C26H22N4O5. The number of hydrogen-bond acceptors (Lipinski definition) is 6. The van der Waals surface area contributed by atoms with E-state index in [-0.39, 0.29) is 23.4 Å². The molecule has 9 heteroatoms. The number of amides is 2. The van der Waals surface area contributed by atoms with Gasteiger partial charge in [-0.1, -0.05) is 36.4 Å². The summed E-state index contributed by atoms with van der Waals surface area (Å²) in [5.74, 6) is -0.577. The first-order valence-electron chi connectivity index (χ1n) is 11.1. The van der Waals surface area contributed by atoms with Crippen LogP contribution in [0.4, 0.5) is 4.79 Å². The molecule has 0 bridgehead atoms. The molecule has 0 saturated heterocycles. The van der Waals surface area contributed by atoms with Gasteiger partial charge < -0.3 is 19.8 Å². The van der Waals surface area contributed by atoms with E-state index < -0.39 is 23.7 Å². The third-order valence-corrected chi connectivity index (χ3v) is 5.74. The van der Waals surface area contributed by atoms with Crippen molar-refractivity contribution in [2.24, 2.45) is 0 Å². The predicted octanol–water partition coefficient (Wildman–Crippen LogP) is 3.84. The highest BCUT2D eigenvalue weighted by atomic mass is 16.5. The van der Waals surface area contributed by atoms with Gasteiger partial charge in [0.25, 0.3) is 0 Å². The van der Waals surface area contributed by atoms with Gasteiger partial charge in [-0.2, -0.15) is 5.10 Å². The first-order valence-corrected chi connectivity index (χ1v) is 11.1. The SMILES string of the molecule is CCOC(=O)C1=C(C)NC(=O)NC1c1cn(-c2ccccc2)nc1-c1cc2ccccc2oc1=O. The lowest BCUT2D eigenvalue weighted by Gasteiger charge is -2.27. The smallest absolute Gasteiger partial charge is 0.345 e. The van der Waals surface area contributed by atoms with Crippen molar-refractivity contribution in [3.8, 4) is 16.9 Å². The molecule has 1 aliphatic heterocycles. The lowest BCUT2D eigenvalue weighted by Crippen LogP contribution is -2.45. The Labute approximate surface area is 200 Å². The fourth-order valence-corrected chi connectivity index (χ4v) is 4.15. The maximum absolute atomic E-state index is 13.0. The van der Waals surface area contributed by atoms with E-state index in [9.17, 15) is 14.4 Å². The van der Waals surface area contributed by atoms with E-state index in [1.807, 2.05) is 42.5 Å². The maximum Gasteiger partial charge on any atom is 0.345 e. The number of fused-ring (bicyclic) bond motifs is 1.